The number of ether oxygens (including phenoxy) is 2. The minimum atomic E-state index is -0.797. The quantitative estimate of drug-likeness (QED) is 0.0420. The highest BCUT2D eigenvalue weighted by Gasteiger charge is 2.16. The van der Waals surface area contributed by atoms with Gasteiger partial charge in [0.05, 0.1) is 6.61 Å². The van der Waals surface area contributed by atoms with E-state index in [2.05, 4.69) is 86.8 Å². The highest BCUT2D eigenvalue weighted by Crippen LogP contribution is 2.12. The number of unbranched alkanes of at least 4 members (excludes halogenated alkanes) is 14. The van der Waals surface area contributed by atoms with Crippen LogP contribution in [0.2, 0.25) is 0 Å². The van der Waals surface area contributed by atoms with E-state index in [1.165, 1.54) is 70.6 Å². The first-order valence-electron chi connectivity index (χ1n) is 19.5. The predicted molar refractivity (Wildman–Crippen MR) is 205 cm³/mol. The molecule has 48 heavy (non-hydrogen) atoms. The van der Waals surface area contributed by atoms with E-state index < -0.39 is 6.10 Å². The normalized spacial score (nSPS) is 13.0. The van der Waals surface area contributed by atoms with Crippen LogP contribution in [0, 0.1) is 0 Å². The lowest BCUT2D eigenvalue weighted by molar-refractivity contribution is -0.161. The zero-order valence-corrected chi connectivity index (χ0v) is 31.0. The lowest BCUT2D eigenvalue weighted by Crippen LogP contribution is -2.28. The fraction of sp³-hybridized carbons (Fsp3) is 0.674. The first kappa shape index (κ1) is 45.3. The molecule has 0 fully saturated rings. The van der Waals surface area contributed by atoms with Gasteiger partial charge in [-0.05, 0) is 83.5 Å². The maximum atomic E-state index is 12.1. The second-order valence-electron chi connectivity index (χ2n) is 12.6. The molecule has 0 aliphatic rings. The molecule has 0 aromatic heterocycles. The third-order valence-corrected chi connectivity index (χ3v) is 7.98. The second kappa shape index (κ2) is 38.8. The van der Waals surface area contributed by atoms with E-state index in [0.29, 0.717) is 12.8 Å². The minimum absolute atomic E-state index is 0.0883. The van der Waals surface area contributed by atoms with E-state index in [1.807, 2.05) is 0 Å². The molecule has 0 rings (SSSR count). The van der Waals surface area contributed by atoms with Gasteiger partial charge in [-0.15, -0.1) is 0 Å². The number of rotatable bonds is 34. The number of esters is 2. The summed E-state index contributed by atoms with van der Waals surface area (Å²) in [5.41, 5.74) is 0. The van der Waals surface area contributed by atoms with Crippen molar-refractivity contribution in [2.45, 2.75) is 174 Å². The van der Waals surface area contributed by atoms with Crippen molar-refractivity contribution in [1.29, 1.82) is 0 Å². The molecule has 274 valence electrons. The highest BCUT2D eigenvalue weighted by atomic mass is 16.6. The Labute approximate surface area is 295 Å². The van der Waals surface area contributed by atoms with Crippen molar-refractivity contribution in [2.24, 2.45) is 0 Å². The van der Waals surface area contributed by atoms with Crippen molar-refractivity contribution in [3.8, 4) is 0 Å². The van der Waals surface area contributed by atoms with Gasteiger partial charge in [-0.2, -0.15) is 0 Å². The highest BCUT2D eigenvalue weighted by molar-refractivity contribution is 5.70. The summed E-state index contributed by atoms with van der Waals surface area (Å²) in [5, 5.41) is 9.54. The first-order valence-corrected chi connectivity index (χ1v) is 19.5. The van der Waals surface area contributed by atoms with Crippen LogP contribution in [-0.4, -0.2) is 36.4 Å². The molecule has 5 heteroatoms. The number of carbonyl (C=O) groups is 2. The van der Waals surface area contributed by atoms with Crippen LogP contribution in [0.15, 0.2) is 72.9 Å². The van der Waals surface area contributed by atoms with E-state index in [9.17, 15) is 14.7 Å². The van der Waals surface area contributed by atoms with E-state index >= 15 is 0 Å². The van der Waals surface area contributed by atoms with Gasteiger partial charge in [0.15, 0.2) is 6.10 Å². The predicted octanol–water partition coefficient (Wildman–Crippen LogP) is 12.2. The number of aliphatic hydroxyl groups is 1. The number of hydrogen-bond acceptors (Lipinski definition) is 5. The Morgan fingerprint density at radius 1 is 0.500 bits per heavy atom. The molecule has 0 aromatic carbocycles. The van der Waals surface area contributed by atoms with Gasteiger partial charge in [0.25, 0.3) is 0 Å². The van der Waals surface area contributed by atoms with Gasteiger partial charge in [0.1, 0.15) is 6.61 Å². The molecule has 0 saturated heterocycles. The molecular weight excluding hydrogens is 596 g/mol. The number of aliphatic hydroxyl groups excluding tert-OH is 1. The summed E-state index contributed by atoms with van der Waals surface area (Å²) < 4.78 is 10.6. The van der Waals surface area contributed by atoms with Crippen molar-refractivity contribution in [2.75, 3.05) is 13.2 Å². The minimum Gasteiger partial charge on any atom is -0.462 e. The average Bonchev–Trinajstić information content (AvgIpc) is 3.09. The van der Waals surface area contributed by atoms with Crippen LogP contribution in [0.3, 0.4) is 0 Å². The smallest absolute Gasteiger partial charge is 0.306 e. The SMILES string of the molecule is CC/C=C/C/C=C/C/C=C/C/C=C/CCCCC(=O)O[C@@H](CO)COC(=O)CCCCCCCCCCC/C=C/C/C=C/CCCCC. The van der Waals surface area contributed by atoms with Gasteiger partial charge < -0.3 is 14.6 Å². The topological polar surface area (TPSA) is 72.8 Å². The second-order valence-corrected chi connectivity index (χ2v) is 12.6. The molecule has 1 atom stereocenters. The average molecular weight is 669 g/mol. The summed E-state index contributed by atoms with van der Waals surface area (Å²) in [6, 6.07) is 0. The molecule has 5 nitrogen and oxygen atoms in total. The van der Waals surface area contributed by atoms with Gasteiger partial charge in [-0.1, -0.05) is 145 Å². The molecule has 1 N–H and O–H groups in total. The fourth-order valence-electron chi connectivity index (χ4n) is 5.04. The van der Waals surface area contributed by atoms with Gasteiger partial charge >= 0.3 is 11.9 Å². The van der Waals surface area contributed by atoms with Crippen LogP contribution in [0.5, 0.6) is 0 Å². The molecule has 0 spiro atoms. The molecule has 0 aliphatic carbocycles. The van der Waals surface area contributed by atoms with E-state index in [1.54, 1.807) is 0 Å². The van der Waals surface area contributed by atoms with E-state index in [-0.39, 0.29) is 25.2 Å². The van der Waals surface area contributed by atoms with Crippen molar-refractivity contribution in [1.82, 2.24) is 0 Å². The Morgan fingerprint density at radius 3 is 1.40 bits per heavy atom. The standard InChI is InChI=1S/C43H72O5/c1-3-5-7-9-11-13-15-17-19-20-21-22-24-25-27-29-31-33-35-37-42(45)47-40-41(39-44)48-43(46)38-36-34-32-30-28-26-23-18-16-14-12-10-8-6-4-2/h6,8,11-14,17-19,23,28,30,41,44H,3-5,7,9-10,15-16,20-22,24-27,29,31-40H2,1-2H3/b8-6+,13-11+,14-12+,19-17+,23-18+,30-28+/t41-/m0/s1. The summed E-state index contributed by atoms with van der Waals surface area (Å²) >= 11 is 0. The Balaban J connectivity index is 3.64. The fourth-order valence-corrected chi connectivity index (χ4v) is 5.04. The van der Waals surface area contributed by atoms with E-state index in [0.717, 1.165) is 70.6 Å². The first-order chi connectivity index (χ1) is 23.6. The van der Waals surface area contributed by atoms with Crippen LogP contribution < -0.4 is 0 Å². The maximum Gasteiger partial charge on any atom is 0.306 e. The Hall–Kier alpha value is -2.66. The van der Waals surface area contributed by atoms with Crippen LogP contribution in [0.25, 0.3) is 0 Å². The van der Waals surface area contributed by atoms with Gasteiger partial charge in [0, 0.05) is 12.8 Å². The zero-order valence-electron chi connectivity index (χ0n) is 31.0. The van der Waals surface area contributed by atoms with Crippen LogP contribution in [-0.2, 0) is 19.1 Å². The van der Waals surface area contributed by atoms with Gasteiger partial charge in [-0.3, -0.25) is 9.59 Å². The van der Waals surface area contributed by atoms with Crippen molar-refractivity contribution in [3.05, 3.63) is 72.9 Å². The van der Waals surface area contributed by atoms with Crippen molar-refractivity contribution in [3.63, 3.8) is 0 Å². The largest absolute Gasteiger partial charge is 0.462 e. The summed E-state index contributed by atoms with van der Waals surface area (Å²) in [5.74, 6) is -0.650. The molecule has 0 aromatic rings. The summed E-state index contributed by atoms with van der Waals surface area (Å²) in [6.45, 7) is 3.95. The third-order valence-electron chi connectivity index (χ3n) is 7.98. The number of hydrogen-bond donors (Lipinski definition) is 1. The number of carbonyl (C=O) groups excluding carboxylic acids is 2. The Morgan fingerprint density at radius 2 is 0.896 bits per heavy atom. The van der Waals surface area contributed by atoms with Crippen molar-refractivity contribution >= 4 is 11.9 Å². The maximum absolute atomic E-state index is 12.1. The van der Waals surface area contributed by atoms with Crippen molar-refractivity contribution < 1.29 is 24.2 Å². The molecule has 0 saturated carbocycles. The molecular formula is C43H72O5. The molecule has 0 heterocycles. The monoisotopic (exact) mass is 669 g/mol. The third kappa shape index (κ3) is 36.2. The zero-order chi connectivity index (χ0) is 35.0. The lowest BCUT2D eigenvalue weighted by atomic mass is 10.1. The van der Waals surface area contributed by atoms with Crippen LogP contribution >= 0.6 is 0 Å². The molecule has 0 aliphatic heterocycles. The summed E-state index contributed by atoms with van der Waals surface area (Å²) in [4.78, 5) is 24.2. The van der Waals surface area contributed by atoms with Crippen LogP contribution in [0.4, 0.5) is 0 Å². The Kier molecular flexibility index (Phi) is 36.6. The number of allylic oxidation sites excluding steroid dienone is 12. The van der Waals surface area contributed by atoms with Crippen LogP contribution in [0.1, 0.15) is 168 Å². The summed E-state index contributed by atoms with van der Waals surface area (Å²) in [7, 11) is 0. The lowest BCUT2D eigenvalue weighted by Gasteiger charge is -2.15. The molecule has 0 unspecified atom stereocenters. The Bertz CT molecular complexity index is 895. The summed E-state index contributed by atoms with van der Waals surface area (Å²) in [6.07, 6.45) is 51.0. The molecule has 0 bridgehead atoms. The molecule has 0 amide bonds. The van der Waals surface area contributed by atoms with E-state index in [4.69, 9.17) is 9.47 Å². The van der Waals surface area contributed by atoms with Gasteiger partial charge in [-0.25, -0.2) is 0 Å². The molecule has 0 radical (unpaired) electrons. The van der Waals surface area contributed by atoms with Gasteiger partial charge in [0.2, 0.25) is 0 Å².